The lowest BCUT2D eigenvalue weighted by Gasteiger charge is -2.44. The van der Waals surface area contributed by atoms with Crippen LogP contribution in [0.1, 0.15) is 245 Å². The number of halogens is 20. The molecule has 5 rings (SSSR count). The Kier molecular flexibility index (Phi) is 35.2. The maximum absolute atomic E-state index is 15.4. The molecule has 0 aromatic heterocycles. The third kappa shape index (κ3) is 20.9. The van der Waals surface area contributed by atoms with Gasteiger partial charge in [-0.15, -0.1) is 21.9 Å². The molecule has 1 N–H and O–H groups in total. The molecule has 0 spiro atoms. The van der Waals surface area contributed by atoms with Crippen LogP contribution in [0.25, 0.3) is 0 Å². The molecule has 1 nitrogen and oxygen atoms in total. The standard InChI is InChI=1S/C46H87N.C24BF20/c1-4-7-10-12-14-16-18-20-22-24-26-28-30-32-34-36-43-47(46-41-39-45(40-42-46)38-9-6-3)44-37-35-33-31-29-27-25-23-21-19-17-15-13-11-8-5-2;26-5-1(6(27)14(35)21(42)13(5)34)25(2-7(28)15(36)22(43)16(37)8(2)29,3-9(30)17(38)23(44)18(39)10(3)31)4-11(32)19(40)24(45)20(41)12(4)33/h39-42H,4-38,43-44H2,1-3H3;/q;-1/p+1. The lowest BCUT2D eigenvalue weighted by atomic mass is 9.12. The average Bonchev–Trinajstić information content (AvgIpc) is 0.684. The van der Waals surface area contributed by atoms with E-state index in [1.165, 1.54) is 243 Å². The highest BCUT2D eigenvalue weighted by molar-refractivity contribution is 7.20. The Bertz CT molecular complexity index is 2630. The van der Waals surface area contributed by atoms with Gasteiger partial charge in [-0.3, -0.25) is 0 Å². The summed E-state index contributed by atoms with van der Waals surface area (Å²) in [4.78, 5) is 1.75. The maximum Gasteiger partial charge on any atom is 0.200 e. The monoisotopic (exact) mass is 1330 g/mol. The van der Waals surface area contributed by atoms with Crippen molar-refractivity contribution in [1.82, 2.24) is 0 Å². The third-order valence-corrected chi connectivity index (χ3v) is 17.6. The van der Waals surface area contributed by atoms with E-state index in [1.54, 1.807) is 10.6 Å². The Morgan fingerprint density at radius 3 is 0.587 bits per heavy atom. The summed E-state index contributed by atoms with van der Waals surface area (Å²) in [5.41, 5.74) is -11.3. The minimum Gasteiger partial charge on any atom is -0.302 e. The summed E-state index contributed by atoms with van der Waals surface area (Å²) in [6.07, 6.45) is 43.1. The van der Waals surface area contributed by atoms with Crippen molar-refractivity contribution >= 4 is 33.7 Å². The predicted molar refractivity (Wildman–Crippen MR) is 324 cm³/mol. The van der Waals surface area contributed by atoms with Crippen LogP contribution in [0.3, 0.4) is 0 Å². The van der Waals surface area contributed by atoms with Crippen LogP contribution in [0.5, 0.6) is 0 Å². The molecule has 0 unspecified atom stereocenters. The van der Waals surface area contributed by atoms with Gasteiger partial charge in [-0.2, -0.15) is 0 Å². The van der Waals surface area contributed by atoms with E-state index in [0.29, 0.717) is 0 Å². The Balaban J connectivity index is 0.000000392. The second-order valence-electron chi connectivity index (χ2n) is 24.3. The van der Waals surface area contributed by atoms with Gasteiger partial charge in [-0.25, -0.2) is 87.8 Å². The Morgan fingerprint density at radius 2 is 0.391 bits per heavy atom. The summed E-state index contributed by atoms with van der Waals surface area (Å²) in [5.74, 6) is -71.4. The first-order valence-corrected chi connectivity index (χ1v) is 33.2. The summed E-state index contributed by atoms with van der Waals surface area (Å²) < 4.78 is 294. The van der Waals surface area contributed by atoms with Crippen molar-refractivity contribution in [1.29, 1.82) is 0 Å². The van der Waals surface area contributed by atoms with Crippen molar-refractivity contribution in [2.45, 2.75) is 245 Å². The zero-order chi connectivity index (χ0) is 68.1. The molecule has 0 aliphatic heterocycles. The minimum atomic E-state index is -7.22. The number of nitrogens with one attached hydrogen (secondary N) is 1. The van der Waals surface area contributed by atoms with Crippen molar-refractivity contribution in [2.75, 3.05) is 13.1 Å². The molecule has 0 saturated heterocycles. The Hall–Kier alpha value is -5.28. The van der Waals surface area contributed by atoms with Crippen molar-refractivity contribution in [3.63, 3.8) is 0 Å². The number of benzene rings is 5. The van der Waals surface area contributed by atoms with Crippen LogP contribution in [0, 0.1) is 116 Å². The van der Waals surface area contributed by atoms with E-state index in [9.17, 15) is 52.7 Å². The Labute approximate surface area is 529 Å². The second-order valence-corrected chi connectivity index (χ2v) is 24.3. The molecule has 22 heteroatoms. The fourth-order valence-corrected chi connectivity index (χ4v) is 12.3. The first-order valence-electron chi connectivity index (χ1n) is 33.2. The predicted octanol–water partition coefficient (Wildman–Crippen LogP) is 20.9. The summed E-state index contributed by atoms with van der Waals surface area (Å²) >= 11 is 0. The SMILES string of the molecule is CCCCCCCCCCCCCCCCCC[NH+](CCCCCCCCCCCCCCCCCC)c1ccc(CCCC)cc1.Fc1c(F)c(F)c([B-](c2c(F)c(F)c(F)c(F)c2F)(c2c(F)c(F)c(F)c(F)c2F)c2c(F)c(F)c(F)c(F)c2F)c(F)c1F. The fourth-order valence-electron chi connectivity index (χ4n) is 12.3. The molecule has 0 aliphatic carbocycles. The molecule has 0 aliphatic rings. The highest BCUT2D eigenvalue weighted by Gasteiger charge is 2.52. The quantitative estimate of drug-likeness (QED) is 0.0131. The molecule has 0 bridgehead atoms. The van der Waals surface area contributed by atoms with E-state index in [4.69, 9.17) is 0 Å². The van der Waals surface area contributed by atoms with E-state index in [2.05, 4.69) is 45.0 Å². The van der Waals surface area contributed by atoms with Crippen molar-refractivity contribution in [3.05, 3.63) is 146 Å². The van der Waals surface area contributed by atoms with Gasteiger partial charge in [0.05, 0.1) is 13.1 Å². The third-order valence-electron chi connectivity index (χ3n) is 17.6. The molecule has 0 atom stereocenters. The van der Waals surface area contributed by atoms with Gasteiger partial charge in [0, 0.05) is 0 Å². The van der Waals surface area contributed by atoms with Crippen LogP contribution in [0.4, 0.5) is 93.5 Å². The van der Waals surface area contributed by atoms with E-state index in [1.807, 2.05) is 0 Å². The average molecular weight is 1330 g/mol. The maximum atomic E-state index is 15.4. The number of aryl methyl sites for hydroxylation is 1. The number of hydrogen-bond donors (Lipinski definition) is 1. The van der Waals surface area contributed by atoms with Gasteiger partial charge in [0.1, 0.15) is 58.4 Å². The lowest BCUT2D eigenvalue weighted by molar-refractivity contribution is -0.833. The van der Waals surface area contributed by atoms with Gasteiger partial charge >= 0.3 is 0 Å². The van der Waals surface area contributed by atoms with E-state index >= 15 is 35.1 Å². The number of rotatable bonds is 42. The molecule has 0 fully saturated rings. The van der Waals surface area contributed by atoms with Crippen LogP contribution in [0.2, 0.25) is 0 Å². The first kappa shape index (κ1) is 79.2. The summed E-state index contributed by atoms with van der Waals surface area (Å²) in [6, 6.07) is 9.76. The van der Waals surface area contributed by atoms with Gasteiger partial charge in [0.15, 0.2) is 69.8 Å². The summed E-state index contributed by atoms with van der Waals surface area (Å²) in [5, 5.41) is 0. The van der Waals surface area contributed by atoms with Crippen LogP contribution in [-0.2, 0) is 6.42 Å². The molecule has 516 valence electrons. The van der Waals surface area contributed by atoms with Crippen molar-refractivity contribution < 1.29 is 92.7 Å². The first-order chi connectivity index (χ1) is 44.0. The lowest BCUT2D eigenvalue weighted by Crippen LogP contribution is -3.07. The van der Waals surface area contributed by atoms with Crippen LogP contribution in [0.15, 0.2) is 24.3 Å². The number of hydrogen-bond acceptors (Lipinski definition) is 0. The highest BCUT2D eigenvalue weighted by atomic mass is 19.2. The molecule has 92 heavy (non-hydrogen) atoms. The van der Waals surface area contributed by atoms with E-state index < -0.39 is 144 Å². The number of quaternary nitrogens is 1. The number of unbranched alkanes of at least 4 members (excludes halogenated alkanes) is 31. The van der Waals surface area contributed by atoms with Crippen molar-refractivity contribution in [2.24, 2.45) is 0 Å². The zero-order valence-corrected chi connectivity index (χ0v) is 53.1. The Morgan fingerprint density at radius 1 is 0.217 bits per heavy atom. The smallest absolute Gasteiger partial charge is 0.200 e. The molecule has 5 aromatic rings. The molecule has 0 radical (unpaired) electrons. The molecule has 0 saturated carbocycles. The van der Waals surface area contributed by atoms with Gasteiger partial charge in [-0.05, 0) is 56.2 Å². The topological polar surface area (TPSA) is 4.44 Å². The molecule has 0 amide bonds. The minimum absolute atomic E-state index is 1.24. The normalized spacial score (nSPS) is 11.8. The second kappa shape index (κ2) is 40.9. The summed E-state index contributed by atoms with van der Waals surface area (Å²) in [6.45, 7) is 9.58. The molecular weight excluding hydrogens is 1250 g/mol. The molecule has 5 aromatic carbocycles. The van der Waals surface area contributed by atoms with Gasteiger partial charge in [-0.1, -0.05) is 219 Å². The highest BCUT2D eigenvalue weighted by Crippen LogP contribution is 2.31. The fraction of sp³-hybridized carbons (Fsp3) is 0.571. The van der Waals surface area contributed by atoms with Gasteiger partial charge in [0.25, 0.3) is 0 Å². The van der Waals surface area contributed by atoms with Crippen molar-refractivity contribution in [3.8, 4) is 0 Å². The van der Waals surface area contributed by atoms with Crippen LogP contribution in [-0.4, -0.2) is 19.2 Å². The van der Waals surface area contributed by atoms with Gasteiger partial charge < -0.3 is 4.90 Å². The van der Waals surface area contributed by atoms with Crippen LogP contribution < -0.4 is 26.8 Å². The molecule has 0 heterocycles. The van der Waals surface area contributed by atoms with E-state index in [-0.39, 0.29) is 0 Å². The summed E-state index contributed by atoms with van der Waals surface area (Å²) in [7, 11) is 0. The van der Waals surface area contributed by atoms with Crippen LogP contribution >= 0.6 is 0 Å². The molecular formula is C70H88BF20N. The zero-order valence-electron chi connectivity index (χ0n) is 53.1. The van der Waals surface area contributed by atoms with E-state index in [0.717, 1.165) is 0 Å². The largest absolute Gasteiger partial charge is 0.302 e. The van der Waals surface area contributed by atoms with Gasteiger partial charge in [0.2, 0.25) is 0 Å².